The summed E-state index contributed by atoms with van der Waals surface area (Å²) in [7, 11) is 0. The van der Waals surface area contributed by atoms with E-state index in [1.54, 1.807) is 12.1 Å². The van der Waals surface area contributed by atoms with Crippen LogP contribution in [0.2, 0.25) is 0 Å². The van der Waals surface area contributed by atoms with Crippen molar-refractivity contribution in [3.63, 3.8) is 0 Å². The number of carbonyl (C=O) groups is 1. The number of benzene rings is 2. The number of unbranched alkanes of at least 4 members (excludes halogenated alkanes) is 2. The Labute approximate surface area is 173 Å². The lowest BCUT2D eigenvalue weighted by molar-refractivity contribution is -0.136. The summed E-state index contributed by atoms with van der Waals surface area (Å²) in [6, 6.07) is 14.1. The molecule has 0 bridgehead atoms. The molecular weight excluding hydrogens is 377 g/mol. The number of rotatable bonds is 8. The first-order valence-electron chi connectivity index (χ1n) is 10.00. The molecule has 1 aliphatic heterocycles. The molecule has 0 saturated carbocycles. The number of hydrogen-bond donors (Lipinski definition) is 0. The van der Waals surface area contributed by atoms with Crippen LogP contribution in [-0.2, 0) is 4.79 Å². The molecule has 0 N–H and O–H groups in total. The zero-order chi connectivity index (χ0) is 19.1. The molecule has 1 saturated heterocycles. The van der Waals surface area contributed by atoms with Gasteiger partial charge < -0.3 is 9.64 Å². The Bertz CT molecular complexity index is 733. The first kappa shape index (κ1) is 22.2. The summed E-state index contributed by atoms with van der Waals surface area (Å²) in [6.07, 6.45) is 7.23. The Kier molecular flexibility index (Phi) is 8.78. The van der Waals surface area contributed by atoms with Gasteiger partial charge in [0, 0.05) is 13.0 Å². The number of nitrogens with zero attached hydrogens (tertiary/aromatic N) is 1. The van der Waals surface area contributed by atoms with Crippen molar-refractivity contribution in [2.24, 2.45) is 0 Å². The zero-order valence-electron chi connectivity index (χ0n) is 16.4. The van der Waals surface area contributed by atoms with Crippen LogP contribution >= 0.6 is 12.4 Å². The predicted octanol–water partition coefficient (Wildman–Crippen LogP) is 6.67. The van der Waals surface area contributed by atoms with Gasteiger partial charge in [-0.2, -0.15) is 0 Å². The summed E-state index contributed by atoms with van der Waals surface area (Å²) in [4.78, 5) is 14.5. The summed E-state index contributed by atoms with van der Waals surface area (Å²) in [6.45, 7) is 3.05. The van der Waals surface area contributed by atoms with Crippen LogP contribution in [0.15, 0.2) is 48.5 Å². The Morgan fingerprint density at radius 2 is 1.64 bits per heavy atom. The van der Waals surface area contributed by atoms with E-state index in [4.69, 9.17) is 4.74 Å². The number of carbonyl (C=O) groups excluding carboxylic acids is 1. The Morgan fingerprint density at radius 3 is 2.25 bits per heavy atom. The minimum absolute atomic E-state index is 0. The zero-order valence-corrected chi connectivity index (χ0v) is 17.2. The highest BCUT2D eigenvalue weighted by molar-refractivity contribution is 5.85. The summed E-state index contributed by atoms with van der Waals surface area (Å²) in [5, 5.41) is 0. The van der Waals surface area contributed by atoms with Gasteiger partial charge in [-0.15, -0.1) is 12.4 Å². The number of piperidine rings is 1. The minimum atomic E-state index is -0.279. The largest absolute Gasteiger partial charge is 0.457 e. The fourth-order valence-corrected chi connectivity index (χ4v) is 3.64. The van der Waals surface area contributed by atoms with E-state index in [-0.39, 0.29) is 30.2 Å². The fraction of sp³-hybridized carbons (Fsp3) is 0.435. The number of likely N-dealkylation sites (tertiary alicyclic amines) is 1. The maximum atomic E-state index is 13.0. The summed E-state index contributed by atoms with van der Waals surface area (Å²) >= 11 is 0. The molecule has 1 aliphatic rings. The Balaban J connectivity index is 0.00000280. The predicted molar refractivity (Wildman–Crippen MR) is 113 cm³/mol. The highest BCUT2D eigenvalue weighted by Crippen LogP contribution is 2.32. The van der Waals surface area contributed by atoms with Crippen molar-refractivity contribution in [1.29, 1.82) is 0 Å². The molecular formula is C23H29ClFNO2. The average Bonchev–Trinajstić information content (AvgIpc) is 2.69. The van der Waals surface area contributed by atoms with Gasteiger partial charge >= 0.3 is 0 Å². The minimum Gasteiger partial charge on any atom is -0.457 e. The second-order valence-electron chi connectivity index (χ2n) is 7.18. The van der Waals surface area contributed by atoms with Crippen molar-refractivity contribution in [1.82, 2.24) is 4.90 Å². The molecule has 0 radical (unpaired) electrons. The van der Waals surface area contributed by atoms with E-state index in [0.717, 1.165) is 37.8 Å². The fourth-order valence-electron chi connectivity index (χ4n) is 3.64. The van der Waals surface area contributed by atoms with Gasteiger partial charge in [-0.1, -0.05) is 38.3 Å². The van der Waals surface area contributed by atoms with E-state index in [9.17, 15) is 9.18 Å². The average molecular weight is 406 g/mol. The van der Waals surface area contributed by atoms with E-state index in [1.165, 1.54) is 25.0 Å². The smallest absolute Gasteiger partial charge is 0.223 e. The molecule has 5 heteroatoms. The highest BCUT2D eigenvalue weighted by Gasteiger charge is 2.26. The lowest BCUT2D eigenvalue weighted by Crippen LogP contribution is -2.38. The molecule has 152 valence electrons. The van der Waals surface area contributed by atoms with Crippen LogP contribution in [0.1, 0.15) is 63.5 Å². The van der Waals surface area contributed by atoms with Crippen molar-refractivity contribution >= 4 is 18.3 Å². The van der Waals surface area contributed by atoms with E-state index in [1.807, 2.05) is 12.1 Å². The van der Waals surface area contributed by atoms with Crippen molar-refractivity contribution in [3.8, 4) is 11.5 Å². The van der Waals surface area contributed by atoms with Crippen LogP contribution in [0.5, 0.6) is 11.5 Å². The highest BCUT2D eigenvalue weighted by atomic mass is 35.5. The Morgan fingerprint density at radius 1 is 1.00 bits per heavy atom. The molecule has 3 nitrogen and oxygen atoms in total. The lowest BCUT2D eigenvalue weighted by Gasteiger charge is -2.35. The van der Waals surface area contributed by atoms with E-state index >= 15 is 0 Å². The van der Waals surface area contributed by atoms with Crippen LogP contribution < -0.4 is 4.74 Å². The van der Waals surface area contributed by atoms with Crippen LogP contribution in [-0.4, -0.2) is 17.4 Å². The molecule has 2 aromatic carbocycles. The second kappa shape index (κ2) is 11.1. The molecule has 1 fully saturated rings. The van der Waals surface area contributed by atoms with Gasteiger partial charge in [0.25, 0.3) is 0 Å². The monoisotopic (exact) mass is 405 g/mol. The van der Waals surface area contributed by atoms with Crippen LogP contribution in [0.25, 0.3) is 0 Å². The molecule has 2 aromatic rings. The summed E-state index contributed by atoms with van der Waals surface area (Å²) in [5.41, 5.74) is 1.16. The molecule has 1 unspecified atom stereocenters. The standard InChI is InChI=1S/C23H28FNO2.ClH/c1-2-3-4-7-22(25-17-6-5-8-23(25)26)18-9-13-20(14-10-18)27-21-15-11-19(24)12-16-21;/h9-16,22H,2-8,17H2,1H3;1H. The Hall–Kier alpha value is -2.07. The number of halogens is 2. The van der Waals surface area contributed by atoms with Gasteiger partial charge in [0.2, 0.25) is 5.91 Å². The second-order valence-corrected chi connectivity index (χ2v) is 7.18. The van der Waals surface area contributed by atoms with Crippen LogP contribution in [0.4, 0.5) is 4.39 Å². The third-order valence-corrected chi connectivity index (χ3v) is 5.13. The number of ether oxygens (including phenoxy) is 1. The lowest BCUT2D eigenvalue weighted by atomic mass is 9.96. The first-order valence-corrected chi connectivity index (χ1v) is 10.00. The molecule has 1 amide bonds. The van der Waals surface area contributed by atoms with Gasteiger partial charge in [0.05, 0.1) is 6.04 Å². The molecule has 28 heavy (non-hydrogen) atoms. The van der Waals surface area contributed by atoms with Gasteiger partial charge in [-0.3, -0.25) is 4.79 Å². The number of amides is 1. The SMILES string of the molecule is CCCCCC(c1ccc(Oc2ccc(F)cc2)cc1)N1CCCCC1=O.Cl. The molecule has 0 aliphatic carbocycles. The van der Waals surface area contributed by atoms with Crippen molar-refractivity contribution in [2.45, 2.75) is 57.9 Å². The van der Waals surface area contributed by atoms with Crippen LogP contribution in [0.3, 0.4) is 0 Å². The van der Waals surface area contributed by atoms with Crippen molar-refractivity contribution < 1.29 is 13.9 Å². The van der Waals surface area contributed by atoms with E-state index < -0.39 is 0 Å². The molecule has 1 heterocycles. The van der Waals surface area contributed by atoms with E-state index in [2.05, 4.69) is 24.0 Å². The number of hydrogen-bond acceptors (Lipinski definition) is 2. The maximum absolute atomic E-state index is 13.0. The van der Waals surface area contributed by atoms with Crippen LogP contribution in [0, 0.1) is 5.82 Å². The third kappa shape index (κ3) is 5.96. The molecule has 1 atom stereocenters. The van der Waals surface area contributed by atoms with E-state index in [0.29, 0.717) is 17.9 Å². The van der Waals surface area contributed by atoms with Gasteiger partial charge in [0.1, 0.15) is 17.3 Å². The summed E-state index contributed by atoms with van der Waals surface area (Å²) in [5.74, 6) is 1.31. The maximum Gasteiger partial charge on any atom is 0.223 e. The van der Waals surface area contributed by atoms with Gasteiger partial charge in [0.15, 0.2) is 0 Å². The normalized spacial score (nSPS) is 15.1. The summed E-state index contributed by atoms with van der Waals surface area (Å²) < 4.78 is 18.8. The van der Waals surface area contributed by atoms with Gasteiger partial charge in [-0.05, 0) is 61.2 Å². The van der Waals surface area contributed by atoms with Gasteiger partial charge in [-0.25, -0.2) is 4.39 Å². The molecule has 0 aromatic heterocycles. The van der Waals surface area contributed by atoms with Crippen molar-refractivity contribution in [2.75, 3.05) is 6.54 Å². The quantitative estimate of drug-likeness (QED) is 0.459. The first-order chi connectivity index (χ1) is 13.2. The molecule has 0 spiro atoms. The topological polar surface area (TPSA) is 29.5 Å². The third-order valence-electron chi connectivity index (χ3n) is 5.13. The van der Waals surface area contributed by atoms with Crippen molar-refractivity contribution in [3.05, 3.63) is 59.9 Å². The molecule has 3 rings (SSSR count).